The largest absolute Gasteiger partial charge is 0.375 e. The molecule has 0 aromatic heterocycles. The van der Waals surface area contributed by atoms with Crippen LogP contribution in [0.25, 0.3) is 0 Å². The summed E-state index contributed by atoms with van der Waals surface area (Å²) < 4.78 is 20.2. The molecule has 1 atom stereocenters. The molecular formula is C13H23N2O2P. The Morgan fingerprint density at radius 2 is 1.78 bits per heavy atom. The molecule has 1 aromatic carbocycles. The first kappa shape index (κ1) is 15.2. The van der Waals surface area contributed by atoms with E-state index in [9.17, 15) is 4.57 Å². The summed E-state index contributed by atoms with van der Waals surface area (Å²) >= 11 is 0. The molecule has 4 nitrogen and oxygen atoms in total. The normalized spacial score (nSPS) is 14.4. The van der Waals surface area contributed by atoms with Gasteiger partial charge in [0.05, 0.1) is 6.61 Å². The quantitative estimate of drug-likeness (QED) is 0.732. The Hall–Kier alpha value is -0.830. The van der Waals surface area contributed by atoms with Crippen LogP contribution < -0.4 is 5.32 Å². The zero-order chi connectivity index (χ0) is 13.4. The van der Waals surface area contributed by atoms with Gasteiger partial charge in [0.15, 0.2) is 0 Å². The van der Waals surface area contributed by atoms with Crippen molar-refractivity contribution >= 4 is 13.2 Å². The maximum atomic E-state index is 12.8. The summed E-state index contributed by atoms with van der Waals surface area (Å²) in [4.78, 5) is 0. The van der Waals surface area contributed by atoms with E-state index < -0.39 is 7.52 Å². The lowest BCUT2D eigenvalue weighted by atomic mass is 10.3. The van der Waals surface area contributed by atoms with Crippen LogP contribution in [-0.2, 0) is 9.09 Å². The van der Waals surface area contributed by atoms with E-state index in [1.54, 1.807) is 0 Å². The summed E-state index contributed by atoms with van der Waals surface area (Å²) in [6, 6.07) is 9.77. The molecule has 102 valence electrons. The zero-order valence-corrected chi connectivity index (χ0v) is 12.3. The summed E-state index contributed by atoms with van der Waals surface area (Å²) in [6.45, 7) is 7.78. The summed E-state index contributed by atoms with van der Waals surface area (Å²) in [5, 5.41) is 3.19. The Balaban J connectivity index is 2.71. The number of nitrogens with one attached hydrogen (secondary N) is 1. The van der Waals surface area contributed by atoms with E-state index in [0.29, 0.717) is 12.9 Å². The van der Waals surface area contributed by atoms with Gasteiger partial charge in [-0.3, -0.25) is 4.57 Å². The second kappa shape index (κ2) is 7.57. The molecular weight excluding hydrogens is 247 g/mol. The van der Waals surface area contributed by atoms with Crippen LogP contribution in [0.3, 0.4) is 0 Å². The molecule has 1 unspecified atom stereocenters. The van der Waals surface area contributed by atoms with Crippen molar-refractivity contribution in [2.75, 3.05) is 31.3 Å². The smallest absolute Gasteiger partial charge is 0.291 e. The number of nitrogens with zero attached hydrogens (tertiary/aromatic N) is 1. The summed E-state index contributed by atoms with van der Waals surface area (Å²) in [5.74, 6) is 0. The predicted octanol–water partition coefficient (Wildman–Crippen LogP) is 3.63. The van der Waals surface area contributed by atoms with Crippen molar-refractivity contribution in [1.29, 1.82) is 0 Å². The van der Waals surface area contributed by atoms with Gasteiger partial charge >= 0.3 is 0 Å². The van der Waals surface area contributed by atoms with Crippen molar-refractivity contribution in [1.82, 2.24) is 4.67 Å². The third kappa shape index (κ3) is 4.13. The predicted molar refractivity (Wildman–Crippen MR) is 77.1 cm³/mol. The number of hydrogen-bond acceptors (Lipinski definition) is 3. The highest BCUT2D eigenvalue weighted by Gasteiger charge is 2.28. The molecule has 0 amide bonds. The molecule has 0 saturated carbocycles. The second-order valence-electron chi connectivity index (χ2n) is 3.90. The van der Waals surface area contributed by atoms with Crippen LogP contribution in [0.4, 0.5) is 5.69 Å². The fourth-order valence-electron chi connectivity index (χ4n) is 1.83. The van der Waals surface area contributed by atoms with Crippen LogP contribution in [0.15, 0.2) is 30.3 Å². The highest BCUT2D eigenvalue weighted by molar-refractivity contribution is 7.56. The minimum atomic E-state index is -2.77. The molecule has 0 aliphatic rings. The second-order valence-corrected chi connectivity index (χ2v) is 6.31. The molecule has 0 saturated heterocycles. The maximum absolute atomic E-state index is 12.8. The van der Waals surface area contributed by atoms with Gasteiger partial charge in [0, 0.05) is 18.8 Å². The monoisotopic (exact) mass is 270 g/mol. The molecule has 0 spiro atoms. The van der Waals surface area contributed by atoms with Crippen LogP contribution in [0.5, 0.6) is 0 Å². The lowest BCUT2D eigenvalue weighted by Crippen LogP contribution is -2.25. The van der Waals surface area contributed by atoms with E-state index in [1.807, 2.05) is 55.8 Å². The van der Waals surface area contributed by atoms with Crippen molar-refractivity contribution in [3.05, 3.63) is 30.3 Å². The van der Waals surface area contributed by atoms with Crippen LogP contribution in [0, 0.1) is 0 Å². The number of anilines is 1. The lowest BCUT2D eigenvalue weighted by molar-refractivity contribution is 0.279. The maximum Gasteiger partial charge on any atom is 0.291 e. The molecule has 0 bridgehead atoms. The summed E-state index contributed by atoms with van der Waals surface area (Å²) in [7, 11) is -2.77. The Bertz CT molecular complexity index is 380. The van der Waals surface area contributed by atoms with Crippen LogP contribution in [0.1, 0.15) is 20.8 Å². The fraction of sp³-hybridized carbons (Fsp3) is 0.538. The topological polar surface area (TPSA) is 41.6 Å². The van der Waals surface area contributed by atoms with Gasteiger partial charge in [-0.2, -0.15) is 0 Å². The number of benzene rings is 1. The minimum Gasteiger partial charge on any atom is -0.375 e. The number of hydrogen-bond donors (Lipinski definition) is 1. The van der Waals surface area contributed by atoms with Gasteiger partial charge in [-0.1, -0.05) is 32.0 Å². The van der Waals surface area contributed by atoms with E-state index >= 15 is 0 Å². The Kier molecular flexibility index (Phi) is 6.41. The fourth-order valence-corrected chi connectivity index (χ4v) is 3.93. The molecule has 5 heteroatoms. The van der Waals surface area contributed by atoms with Gasteiger partial charge in [0.25, 0.3) is 7.52 Å². The van der Waals surface area contributed by atoms with E-state index in [1.165, 1.54) is 0 Å². The van der Waals surface area contributed by atoms with E-state index in [-0.39, 0.29) is 0 Å². The number of para-hydroxylation sites is 1. The molecule has 1 N–H and O–H groups in total. The first-order chi connectivity index (χ1) is 8.66. The average Bonchev–Trinajstić information content (AvgIpc) is 2.39. The van der Waals surface area contributed by atoms with E-state index in [0.717, 1.165) is 18.8 Å². The third-order valence-corrected chi connectivity index (χ3v) is 5.40. The minimum absolute atomic E-state index is 0.340. The molecule has 0 heterocycles. The summed E-state index contributed by atoms with van der Waals surface area (Å²) in [6.07, 6.45) is 0.340. The molecule has 0 aliphatic heterocycles. The van der Waals surface area contributed by atoms with Gasteiger partial charge < -0.3 is 9.84 Å². The third-order valence-electron chi connectivity index (χ3n) is 2.75. The Morgan fingerprint density at radius 3 is 2.28 bits per heavy atom. The SMILES string of the molecule is CCOP(=O)(CNc1ccccc1)N(CC)CC. The van der Waals surface area contributed by atoms with Gasteiger partial charge in [0.1, 0.15) is 6.29 Å². The van der Waals surface area contributed by atoms with E-state index in [4.69, 9.17) is 4.52 Å². The molecule has 0 radical (unpaired) electrons. The van der Waals surface area contributed by atoms with Crippen molar-refractivity contribution in [3.8, 4) is 0 Å². The lowest BCUT2D eigenvalue weighted by Gasteiger charge is -2.29. The summed E-state index contributed by atoms with van der Waals surface area (Å²) in [5.41, 5.74) is 0.963. The number of rotatable bonds is 8. The zero-order valence-electron chi connectivity index (χ0n) is 11.4. The van der Waals surface area contributed by atoms with Crippen molar-refractivity contribution < 1.29 is 9.09 Å². The highest BCUT2D eigenvalue weighted by Crippen LogP contribution is 2.49. The Morgan fingerprint density at radius 1 is 1.17 bits per heavy atom. The first-order valence-electron chi connectivity index (χ1n) is 6.44. The molecule has 0 fully saturated rings. The van der Waals surface area contributed by atoms with Gasteiger partial charge in [0.2, 0.25) is 0 Å². The molecule has 1 rings (SSSR count). The van der Waals surface area contributed by atoms with Gasteiger partial charge in [-0.15, -0.1) is 0 Å². The van der Waals surface area contributed by atoms with Gasteiger partial charge in [-0.25, -0.2) is 4.67 Å². The van der Waals surface area contributed by atoms with Crippen molar-refractivity contribution in [2.24, 2.45) is 0 Å². The van der Waals surface area contributed by atoms with Crippen molar-refractivity contribution in [3.63, 3.8) is 0 Å². The Labute approximate surface area is 110 Å². The first-order valence-corrected chi connectivity index (χ1v) is 8.20. The standard InChI is InChI=1S/C13H23N2O2P/c1-4-15(5-2)18(16,17-6-3)12-14-13-10-8-7-9-11-13/h7-11,14H,4-6,12H2,1-3H3. The molecule has 18 heavy (non-hydrogen) atoms. The van der Waals surface area contributed by atoms with Crippen LogP contribution >= 0.6 is 7.52 Å². The average molecular weight is 270 g/mol. The van der Waals surface area contributed by atoms with Crippen LogP contribution in [-0.4, -0.2) is 30.7 Å². The molecule has 1 aromatic rings. The van der Waals surface area contributed by atoms with Crippen LogP contribution in [0.2, 0.25) is 0 Å². The molecule has 0 aliphatic carbocycles. The van der Waals surface area contributed by atoms with Crippen molar-refractivity contribution in [2.45, 2.75) is 20.8 Å². The highest BCUT2D eigenvalue weighted by atomic mass is 31.2. The van der Waals surface area contributed by atoms with E-state index in [2.05, 4.69) is 5.32 Å². The van der Waals surface area contributed by atoms with Gasteiger partial charge in [-0.05, 0) is 19.1 Å².